The molecule has 0 saturated carbocycles. The fourth-order valence-corrected chi connectivity index (χ4v) is 1.61. The second kappa shape index (κ2) is 8.57. The summed E-state index contributed by atoms with van der Waals surface area (Å²) >= 11 is 0. The van der Waals surface area contributed by atoms with Gasteiger partial charge in [0.1, 0.15) is 12.4 Å². The van der Waals surface area contributed by atoms with E-state index >= 15 is 0 Å². The zero-order chi connectivity index (χ0) is 13.2. The molecule has 2 N–H and O–H groups in total. The first-order valence-corrected chi connectivity index (χ1v) is 6.23. The Balaban J connectivity index is 2.29. The summed E-state index contributed by atoms with van der Waals surface area (Å²) in [6.45, 7) is 4.42. The van der Waals surface area contributed by atoms with Crippen LogP contribution in [0.15, 0.2) is 24.3 Å². The Morgan fingerprint density at radius 2 is 2.11 bits per heavy atom. The van der Waals surface area contributed by atoms with Crippen molar-refractivity contribution in [1.82, 2.24) is 5.32 Å². The van der Waals surface area contributed by atoms with E-state index in [2.05, 4.69) is 18.2 Å². The molecule has 1 aromatic rings. The van der Waals surface area contributed by atoms with Crippen LogP contribution in [0.4, 0.5) is 0 Å². The van der Waals surface area contributed by atoms with Gasteiger partial charge in [0.2, 0.25) is 0 Å². The zero-order valence-electron chi connectivity index (χ0n) is 10.9. The van der Waals surface area contributed by atoms with Gasteiger partial charge in [-0.15, -0.1) is 6.42 Å². The number of aliphatic hydroxyl groups excluding tert-OH is 1. The molecule has 0 bridgehead atoms. The molecular weight excluding hydrogens is 226 g/mol. The van der Waals surface area contributed by atoms with E-state index in [9.17, 15) is 0 Å². The van der Waals surface area contributed by atoms with E-state index in [0.29, 0.717) is 12.5 Å². The van der Waals surface area contributed by atoms with Crippen LogP contribution < -0.4 is 10.1 Å². The van der Waals surface area contributed by atoms with Gasteiger partial charge in [0.05, 0.1) is 0 Å². The summed E-state index contributed by atoms with van der Waals surface area (Å²) in [4.78, 5) is 0. The molecule has 3 nitrogen and oxygen atoms in total. The van der Waals surface area contributed by atoms with Crippen molar-refractivity contribution in [2.45, 2.75) is 19.9 Å². The van der Waals surface area contributed by atoms with Crippen molar-refractivity contribution in [3.63, 3.8) is 0 Å². The highest BCUT2D eigenvalue weighted by Crippen LogP contribution is 2.12. The summed E-state index contributed by atoms with van der Waals surface area (Å²) < 4.78 is 5.30. The van der Waals surface area contributed by atoms with Crippen LogP contribution >= 0.6 is 0 Å². The molecule has 0 spiro atoms. The number of rotatable bonds is 8. The quantitative estimate of drug-likeness (QED) is 0.688. The van der Waals surface area contributed by atoms with Gasteiger partial charge < -0.3 is 15.2 Å². The third-order valence-electron chi connectivity index (χ3n) is 2.69. The van der Waals surface area contributed by atoms with Crippen molar-refractivity contribution in [1.29, 1.82) is 0 Å². The maximum Gasteiger partial charge on any atom is 0.148 e. The van der Waals surface area contributed by atoms with Crippen molar-refractivity contribution in [3.8, 4) is 18.1 Å². The normalized spacial score (nSPS) is 11.8. The fourth-order valence-electron chi connectivity index (χ4n) is 1.61. The van der Waals surface area contributed by atoms with Crippen LogP contribution in [0, 0.1) is 18.3 Å². The minimum absolute atomic E-state index is 0.254. The number of nitrogens with one attached hydrogen (secondary N) is 1. The van der Waals surface area contributed by atoms with Crippen molar-refractivity contribution in [2.24, 2.45) is 5.92 Å². The van der Waals surface area contributed by atoms with Crippen LogP contribution in [0.2, 0.25) is 0 Å². The molecule has 1 unspecified atom stereocenters. The van der Waals surface area contributed by atoms with Gasteiger partial charge in [-0.3, -0.25) is 0 Å². The monoisotopic (exact) mass is 247 g/mol. The average molecular weight is 247 g/mol. The lowest BCUT2D eigenvalue weighted by Crippen LogP contribution is -2.21. The molecule has 0 saturated heterocycles. The summed E-state index contributed by atoms with van der Waals surface area (Å²) in [5.41, 5.74) is 1.21. The Morgan fingerprint density at radius 1 is 1.39 bits per heavy atom. The smallest absolute Gasteiger partial charge is 0.148 e. The highest BCUT2D eigenvalue weighted by Gasteiger charge is 2.00. The first-order chi connectivity index (χ1) is 8.76. The van der Waals surface area contributed by atoms with Gasteiger partial charge in [0.15, 0.2) is 0 Å². The van der Waals surface area contributed by atoms with Crippen LogP contribution in [0.25, 0.3) is 0 Å². The molecule has 0 heterocycles. The van der Waals surface area contributed by atoms with Crippen LogP contribution in [0.1, 0.15) is 18.9 Å². The molecule has 0 aliphatic rings. The number of ether oxygens (including phenoxy) is 1. The number of terminal acetylenes is 1. The summed E-state index contributed by atoms with van der Waals surface area (Å²) in [7, 11) is 0. The SMILES string of the molecule is C#CCOc1ccc(CNCC(C)CCO)cc1. The minimum Gasteiger partial charge on any atom is -0.481 e. The molecule has 0 aromatic heterocycles. The van der Waals surface area contributed by atoms with Crippen LogP contribution in [0.5, 0.6) is 5.75 Å². The number of aliphatic hydroxyl groups is 1. The van der Waals surface area contributed by atoms with E-state index in [1.165, 1.54) is 5.56 Å². The Bertz CT molecular complexity index is 367. The largest absolute Gasteiger partial charge is 0.481 e. The van der Waals surface area contributed by atoms with Crippen molar-refractivity contribution in [3.05, 3.63) is 29.8 Å². The predicted molar refractivity (Wildman–Crippen MR) is 73.3 cm³/mol. The molecule has 0 aliphatic heterocycles. The molecule has 98 valence electrons. The molecule has 1 atom stereocenters. The predicted octanol–water partition coefficient (Wildman–Crippen LogP) is 1.81. The third-order valence-corrected chi connectivity index (χ3v) is 2.69. The molecule has 0 aliphatic carbocycles. The number of benzene rings is 1. The van der Waals surface area contributed by atoms with Crippen molar-refractivity contribution >= 4 is 0 Å². The lowest BCUT2D eigenvalue weighted by atomic mass is 10.1. The highest BCUT2D eigenvalue weighted by atomic mass is 16.5. The molecule has 3 heteroatoms. The lowest BCUT2D eigenvalue weighted by molar-refractivity contribution is 0.260. The first-order valence-electron chi connectivity index (χ1n) is 6.23. The first kappa shape index (κ1) is 14.6. The molecular formula is C15H21NO2. The van der Waals surface area contributed by atoms with Crippen LogP contribution in [-0.4, -0.2) is 24.9 Å². The molecule has 0 amide bonds. The Morgan fingerprint density at radius 3 is 2.72 bits per heavy atom. The second-order valence-electron chi connectivity index (χ2n) is 4.39. The molecule has 0 radical (unpaired) electrons. The number of hydrogen-bond acceptors (Lipinski definition) is 3. The summed E-state index contributed by atoms with van der Waals surface area (Å²) in [6.07, 6.45) is 5.96. The van der Waals surface area contributed by atoms with Gasteiger partial charge in [-0.1, -0.05) is 25.0 Å². The van der Waals surface area contributed by atoms with Gasteiger partial charge in [-0.05, 0) is 36.6 Å². The van der Waals surface area contributed by atoms with Gasteiger partial charge >= 0.3 is 0 Å². The lowest BCUT2D eigenvalue weighted by Gasteiger charge is -2.11. The van der Waals surface area contributed by atoms with E-state index in [1.54, 1.807) is 0 Å². The Kier molecular flexibility index (Phi) is 6.93. The van der Waals surface area contributed by atoms with Gasteiger partial charge in [0.25, 0.3) is 0 Å². The minimum atomic E-state index is 0.254. The maximum absolute atomic E-state index is 8.80. The van der Waals surface area contributed by atoms with Crippen molar-refractivity contribution < 1.29 is 9.84 Å². The molecule has 1 aromatic carbocycles. The van der Waals surface area contributed by atoms with Crippen LogP contribution in [-0.2, 0) is 6.54 Å². The topological polar surface area (TPSA) is 41.5 Å². The van der Waals surface area contributed by atoms with Crippen LogP contribution in [0.3, 0.4) is 0 Å². The summed E-state index contributed by atoms with van der Waals surface area (Å²) in [6, 6.07) is 7.89. The molecule has 18 heavy (non-hydrogen) atoms. The standard InChI is InChI=1S/C15H21NO2/c1-3-10-18-15-6-4-14(5-7-15)12-16-11-13(2)8-9-17/h1,4-7,13,16-17H,8-12H2,2H3. The van der Waals surface area contributed by atoms with Gasteiger partial charge in [0, 0.05) is 13.2 Å². The van der Waals surface area contributed by atoms with E-state index in [-0.39, 0.29) is 6.61 Å². The maximum atomic E-state index is 8.80. The number of hydrogen-bond donors (Lipinski definition) is 2. The average Bonchev–Trinajstić information content (AvgIpc) is 2.38. The Labute approximate surface area is 109 Å². The van der Waals surface area contributed by atoms with E-state index in [1.807, 2.05) is 24.3 Å². The fraction of sp³-hybridized carbons (Fsp3) is 0.467. The van der Waals surface area contributed by atoms with E-state index in [0.717, 1.165) is 25.3 Å². The van der Waals surface area contributed by atoms with E-state index < -0.39 is 0 Å². The molecule has 0 fully saturated rings. The van der Waals surface area contributed by atoms with Crippen molar-refractivity contribution in [2.75, 3.05) is 19.8 Å². The second-order valence-corrected chi connectivity index (χ2v) is 4.39. The molecule has 1 rings (SSSR count). The summed E-state index contributed by atoms with van der Waals surface area (Å²) in [5.74, 6) is 3.72. The summed E-state index contributed by atoms with van der Waals surface area (Å²) in [5, 5.41) is 12.2. The van der Waals surface area contributed by atoms with Gasteiger partial charge in [-0.25, -0.2) is 0 Å². The van der Waals surface area contributed by atoms with E-state index in [4.69, 9.17) is 16.3 Å². The van der Waals surface area contributed by atoms with Gasteiger partial charge in [-0.2, -0.15) is 0 Å². The zero-order valence-corrected chi connectivity index (χ0v) is 10.9. The highest BCUT2D eigenvalue weighted by molar-refractivity contribution is 5.27. The third kappa shape index (κ3) is 5.72. The Hall–Kier alpha value is -1.50.